The third-order valence-corrected chi connectivity index (χ3v) is 4.62. The van der Waals surface area contributed by atoms with E-state index >= 15 is 0 Å². The average molecular weight is 351 g/mol. The number of hydrogen-bond donors (Lipinski definition) is 1. The number of hydrogen-bond acceptors (Lipinski definition) is 3. The van der Waals surface area contributed by atoms with Crippen molar-refractivity contribution in [2.75, 3.05) is 18.4 Å². The van der Waals surface area contributed by atoms with Gasteiger partial charge in [-0.05, 0) is 56.0 Å². The second kappa shape index (κ2) is 8.13. The summed E-state index contributed by atoms with van der Waals surface area (Å²) in [6.45, 7) is 5.53. The van der Waals surface area contributed by atoms with Gasteiger partial charge in [0.15, 0.2) is 0 Å². The molecule has 5 heteroatoms. The van der Waals surface area contributed by atoms with Gasteiger partial charge in [-0.1, -0.05) is 18.9 Å². The summed E-state index contributed by atoms with van der Waals surface area (Å²) in [6.07, 6.45) is 7.44. The first-order chi connectivity index (χ1) is 12.5. The van der Waals surface area contributed by atoms with Crippen LogP contribution < -0.4 is 5.32 Å². The third kappa shape index (κ3) is 4.48. The monoisotopic (exact) mass is 351 g/mol. The Morgan fingerprint density at radius 1 is 0.885 bits per heavy atom. The molecule has 3 rings (SSSR count). The molecule has 0 unspecified atom stereocenters. The van der Waals surface area contributed by atoms with Gasteiger partial charge in [-0.15, -0.1) is 0 Å². The van der Waals surface area contributed by atoms with E-state index in [2.05, 4.69) is 16.4 Å². The zero-order valence-corrected chi connectivity index (χ0v) is 15.4. The standard InChI is InChI=1S/C21H25N3O2/c1-15-9-16(2)11-19(10-15)23-20(25)17-12-18(14-22-13-17)21(26)24-7-5-3-4-6-8-24/h9-14H,3-8H2,1-2H3,(H,23,25). The lowest BCUT2D eigenvalue weighted by Gasteiger charge is -2.20. The Balaban J connectivity index is 1.75. The van der Waals surface area contributed by atoms with E-state index in [1.807, 2.05) is 30.9 Å². The molecule has 0 bridgehead atoms. The molecule has 0 spiro atoms. The second-order valence-electron chi connectivity index (χ2n) is 7.00. The predicted octanol–water partition coefficient (Wildman–Crippen LogP) is 3.97. The third-order valence-electron chi connectivity index (χ3n) is 4.62. The van der Waals surface area contributed by atoms with Crippen molar-refractivity contribution in [3.63, 3.8) is 0 Å². The highest BCUT2D eigenvalue weighted by atomic mass is 16.2. The summed E-state index contributed by atoms with van der Waals surface area (Å²) in [5, 5.41) is 2.89. The molecule has 2 amide bonds. The lowest BCUT2D eigenvalue weighted by molar-refractivity contribution is 0.0761. The van der Waals surface area contributed by atoms with Crippen LogP contribution in [-0.2, 0) is 0 Å². The average Bonchev–Trinajstić information content (AvgIpc) is 2.89. The molecule has 1 fully saturated rings. The quantitative estimate of drug-likeness (QED) is 0.910. The van der Waals surface area contributed by atoms with Gasteiger partial charge in [-0.3, -0.25) is 14.6 Å². The fraction of sp³-hybridized carbons (Fsp3) is 0.381. The molecule has 1 aromatic carbocycles. The van der Waals surface area contributed by atoms with E-state index in [1.54, 1.807) is 12.3 Å². The van der Waals surface area contributed by atoms with Crippen LogP contribution in [0.1, 0.15) is 57.5 Å². The number of nitrogens with zero attached hydrogens (tertiary/aromatic N) is 2. The zero-order chi connectivity index (χ0) is 18.5. The van der Waals surface area contributed by atoms with Crippen molar-refractivity contribution < 1.29 is 9.59 Å². The van der Waals surface area contributed by atoms with Crippen LogP contribution in [0.3, 0.4) is 0 Å². The van der Waals surface area contributed by atoms with Crippen molar-refractivity contribution in [2.24, 2.45) is 0 Å². The van der Waals surface area contributed by atoms with Crippen molar-refractivity contribution in [3.05, 3.63) is 58.9 Å². The molecule has 136 valence electrons. The maximum absolute atomic E-state index is 12.7. The lowest BCUT2D eigenvalue weighted by atomic mass is 10.1. The Hall–Kier alpha value is -2.69. The number of rotatable bonds is 3. The van der Waals surface area contributed by atoms with E-state index in [0.717, 1.165) is 42.7 Å². The molecule has 1 N–H and O–H groups in total. The lowest BCUT2D eigenvalue weighted by Crippen LogP contribution is -2.32. The number of nitrogens with one attached hydrogen (secondary N) is 1. The first-order valence-corrected chi connectivity index (χ1v) is 9.17. The fourth-order valence-electron chi connectivity index (χ4n) is 3.39. The van der Waals surface area contributed by atoms with Crippen LogP contribution in [0, 0.1) is 13.8 Å². The van der Waals surface area contributed by atoms with E-state index in [4.69, 9.17) is 0 Å². The number of likely N-dealkylation sites (tertiary alicyclic amines) is 1. The van der Waals surface area contributed by atoms with Gasteiger partial charge in [-0.2, -0.15) is 0 Å². The van der Waals surface area contributed by atoms with Crippen LogP contribution in [0.5, 0.6) is 0 Å². The first-order valence-electron chi connectivity index (χ1n) is 9.17. The first kappa shape index (κ1) is 18.1. The highest BCUT2D eigenvalue weighted by molar-refractivity contribution is 6.05. The van der Waals surface area contributed by atoms with Gasteiger partial charge in [0.25, 0.3) is 11.8 Å². The molecule has 2 heterocycles. The summed E-state index contributed by atoms with van der Waals surface area (Å²) in [7, 11) is 0. The number of carbonyl (C=O) groups excluding carboxylic acids is 2. The number of pyridine rings is 1. The van der Waals surface area contributed by atoms with Crippen molar-refractivity contribution in [2.45, 2.75) is 39.5 Å². The summed E-state index contributed by atoms with van der Waals surface area (Å²) in [4.78, 5) is 31.3. The van der Waals surface area contributed by atoms with Crippen LogP contribution in [0.4, 0.5) is 5.69 Å². The van der Waals surface area contributed by atoms with E-state index in [-0.39, 0.29) is 11.8 Å². The van der Waals surface area contributed by atoms with Gasteiger partial charge in [0, 0.05) is 31.2 Å². The minimum atomic E-state index is -0.256. The molecule has 0 radical (unpaired) electrons. The van der Waals surface area contributed by atoms with Gasteiger partial charge in [-0.25, -0.2) is 0 Å². The molecule has 5 nitrogen and oxygen atoms in total. The van der Waals surface area contributed by atoms with Crippen LogP contribution >= 0.6 is 0 Å². The number of anilines is 1. The molecule has 1 aliphatic heterocycles. The summed E-state index contributed by atoms with van der Waals surface area (Å²) >= 11 is 0. The Morgan fingerprint density at radius 3 is 2.15 bits per heavy atom. The highest BCUT2D eigenvalue weighted by Crippen LogP contribution is 2.17. The summed E-state index contributed by atoms with van der Waals surface area (Å²) in [5.41, 5.74) is 3.79. The van der Waals surface area contributed by atoms with Gasteiger partial charge in [0.05, 0.1) is 11.1 Å². The van der Waals surface area contributed by atoms with E-state index in [9.17, 15) is 9.59 Å². The van der Waals surface area contributed by atoms with Crippen LogP contribution in [0.15, 0.2) is 36.7 Å². The largest absolute Gasteiger partial charge is 0.339 e. The topological polar surface area (TPSA) is 62.3 Å². The smallest absolute Gasteiger partial charge is 0.257 e. The normalized spacial score (nSPS) is 14.6. The van der Waals surface area contributed by atoms with Gasteiger partial charge >= 0.3 is 0 Å². The zero-order valence-electron chi connectivity index (χ0n) is 15.4. The van der Waals surface area contributed by atoms with Gasteiger partial charge in [0.1, 0.15) is 0 Å². The molecule has 1 saturated heterocycles. The van der Waals surface area contributed by atoms with E-state index < -0.39 is 0 Å². The fourth-order valence-corrected chi connectivity index (χ4v) is 3.39. The van der Waals surface area contributed by atoms with Crippen molar-refractivity contribution in [1.29, 1.82) is 0 Å². The molecule has 26 heavy (non-hydrogen) atoms. The summed E-state index contributed by atoms with van der Waals surface area (Å²) in [5.74, 6) is -0.298. The Labute approximate surface area is 154 Å². The molecule has 2 aromatic rings. The van der Waals surface area contributed by atoms with Crippen LogP contribution in [0.2, 0.25) is 0 Å². The second-order valence-corrected chi connectivity index (χ2v) is 7.00. The van der Waals surface area contributed by atoms with Crippen molar-refractivity contribution in [3.8, 4) is 0 Å². The number of benzene rings is 1. The molecule has 0 saturated carbocycles. The number of carbonyl (C=O) groups is 2. The Bertz CT molecular complexity index is 788. The van der Waals surface area contributed by atoms with E-state index in [0.29, 0.717) is 11.1 Å². The predicted molar refractivity (Wildman–Crippen MR) is 102 cm³/mol. The van der Waals surface area contributed by atoms with Crippen molar-refractivity contribution >= 4 is 17.5 Å². The van der Waals surface area contributed by atoms with E-state index in [1.165, 1.54) is 19.0 Å². The maximum Gasteiger partial charge on any atom is 0.257 e. The van der Waals surface area contributed by atoms with Crippen LogP contribution in [-0.4, -0.2) is 34.8 Å². The minimum absolute atomic E-state index is 0.0412. The Morgan fingerprint density at radius 2 is 1.50 bits per heavy atom. The number of aryl methyl sites for hydroxylation is 2. The molecule has 0 atom stereocenters. The van der Waals surface area contributed by atoms with Crippen molar-refractivity contribution in [1.82, 2.24) is 9.88 Å². The van der Waals surface area contributed by atoms with Gasteiger partial charge in [0.2, 0.25) is 0 Å². The summed E-state index contributed by atoms with van der Waals surface area (Å²) in [6, 6.07) is 7.53. The highest BCUT2D eigenvalue weighted by Gasteiger charge is 2.19. The molecule has 0 aliphatic carbocycles. The summed E-state index contributed by atoms with van der Waals surface area (Å²) < 4.78 is 0. The molecule has 1 aliphatic rings. The number of amides is 2. The molecular formula is C21H25N3O2. The van der Waals surface area contributed by atoms with Crippen LogP contribution in [0.25, 0.3) is 0 Å². The minimum Gasteiger partial charge on any atom is -0.339 e. The molecular weight excluding hydrogens is 326 g/mol. The Kier molecular flexibility index (Phi) is 5.66. The maximum atomic E-state index is 12.7. The number of aromatic nitrogens is 1. The molecule has 1 aromatic heterocycles. The van der Waals surface area contributed by atoms with Gasteiger partial charge < -0.3 is 10.2 Å². The SMILES string of the molecule is Cc1cc(C)cc(NC(=O)c2cncc(C(=O)N3CCCCCC3)c2)c1.